The van der Waals surface area contributed by atoms with Crippen LogP contribution in [0, 0.1) is 5.82 Å². The number of rotatable bonds is 3. The molecule has 0 amide bonds. The molecule has 0 unspecified atom stereocenters. The van der Waals surface area contributed by atoms with E-state index in [1.807, 2.05) is 6.26 Å². The predicted octanol–water partition coefficient (Wildman–Crippen LogP) is 3.97. The van der Waals surface area contributed by atoms with E-state index in [2.05, 4.69) is 15.3 Å². The van der Waals surface area contributed by atoms with Gasteiger partial charge < -0.3 is 11.1 Å². The first-order chi connectivity index (χ1) is 8.99. The van der Waals surface area contributed by atoms with Gasteiger partial charge in [-0.3, -0.25) is 0 Å². The number of aromatic nitrogens is 2. The fourth-order valence-electron chi connectivity index (χ4n) is 1.37. The maximum absolute atomic E-state index is 13.3. The first-order valence-corrected chi connectivity index (χ1v) is 7.08. The van der Waals surface area contributed by atoms with Gasteiger partial charge in [-0.15, -0.1) is 0 Å². The summed E-state index contributed by atoms with van der Waals surface area (Å²) in [5.74, 6) is 0.164. The van der Waals surface area contributed by atoms with E-state index in [0.717, 1.165) is 0 Å². The second kappa shape index (κ2) is 5.81. The smallest absolute Gasteiger partial charge is 0.191 e. The lowest BCUT2D eigenvalue weighted by Gasteiger charge is -2.09. The summed E-state index contributed by atoms with van der Waals surface area (Å²) >= 11 is 12.8. The second-order valence-corrected chi connectivity index (χ2v) is 5.13. The number of hydrogen-bond acceptors (Lipinski definition) is 5. The van der Waals surface area contributed by atoms with Crippen molar-refractivity contribution in [3.8, 4) is 0 Å². The third-order valence-corrected chi connectivity index (χ3v) is 3.26. The third-order valence-electron chi connectivity index (χ3n) is 2.16. The zero-order valence-corrected chi connectivity index (χ0v) is 12.1. The summed E-state index contributed by atoms with van der Waals surface area (Å²) in [7, 11) is 0. The van der Waals surface area contributed by atoms with Gasteiger partial charge in [0.15, 0.2) is 11.0 Å². The van der Waals surface area contributed by atoms with Crippen LogP contribution in [0.4, 0.5) is 21.7 Å². The molecule has 3 N–H and O–H groups in total. The SMILES string of the molecule is CSc1nc(N)cc(Nc2cc(Cl)c(F)c(Cl)c2)n1. The molecule has 2 aromatic rings. The highest BCUT2D eigenvalue weighted by Gasteiger charge is 2.09. The Kier molecular flexibility index (Phi) is 4.34. The number of nitrogens with one attached hydrogen (secondary N) is 1. The van der Waals surface area contributed by atoms with Crippen LogP contribution in [-0.4, -0.2) is 16.2 Å². The molecule has 0 spiro atoms. The van der Waals surface area contributed by atoms with Crippen LogP contribution >= 0.6 is 35.0 Å². The second-order valence-electron chi connectivity index (χ2n) is 3.54. The van der Waals surface area contributed by atoms with Crippen LogP contribution in [0.2, 0.25) is 10.0 Å². The zero-order chi connectivity index (χ0) is 14.0. The van der Waals surface area contributed by atoms with Crippen LogP contribution in [0.15, 0.2) is 23.4 Å². The Balaban J connectivity index is 2.33. The molecule has 0 atom stereocenters. The van der Waals surface area contributed by atoms with Crippen molar-refractivity contribution in [3.63, 3.8) is 0 Å². The monoisotopic (exact) mass is 318 g/mol. The molecule has 0 fully saturated rings. The van der Waals surface area contributed by atoms with Crippen molar-refractivity contribution in [2.75, 3.05) is 17.3 Å². The minimum Gasteiger partial charge on any atom is -0.383 e. The average molecular weight is 319 g/mol. The van der Waals surface area contributed by atoms with Crippen LogP contribution in [0.3, 0.4) is 0 Å². The molecule has 1 heterocycles. The van der Waals surface area contributed by atoms with E-state index in [0.29, 0.717) is 22.5 Å². The number of nitrogens with two attached hydrogens (primary N) is 1. The van der Waals surface area contributed by atoms with Crippen LogP contribution < -0.4 is 11.1 Å². The van der Waals surface area contributed by atoms with Gasteiger partial charge in [0.05, 0.1) is 10.0 Å². The molecule has 19 heavy (non-hydrogen) atoms. The Morgan fingerprint density at radius 1 is 1.21 bits per heavy atom. The van der Waals surface area contributed by atoms with Crippen LogP contribution in [0.25, 0.3) is 0 Å². The molecule has 0 saturated carbocycles. The van der Waals surface area contributed by atoms with Crippen molar-refractivity contribution < 1.29 is 4.39 Å². The summed E-state index contributed by atoms with van der Waals surface area (Å²) in [4.78, 5) is 8.23. The minimum atomic E-state index is -0.652. The molecule has 0 saturated heterocycles. The fraction of sp³-hybridized carbons (Fsp3) is 0.0909. The van der Waals surface area contributed by atoms with Crippen LogP contribution in [0.1, 0.15) is 0 Å². The molecule has 2 rings (SSSR count). The van der Waals surface area contributed by atoms with E-state index in [1.54, 1.807) is 6.07 Å². The molecule has 1 aromatic heterocycles. The van der Waals surface area contributed by atoms with E-state index < -0.39 is 5.82 Å². The van der Waals surface area contributed by atoms with E-state index in [4.69, 9.17) is 28.9 Å². The molecule has 4 nitrogen and oxygen atoms in total. The van der Waals surface area contributed by atoms with E-state index in [1.165, 1.54) is 23.9 Å². The minimum absolute atomic E-state index is 0.0675. The maximum atomic E-state index is 13.3. The Morgan fingerprint density at radius 2 is 1.84 bits per heavy atom. The number of nitrogen functional groups attached to an aromatic ring is 1. The topological polar surface area (TPSA) is 63.8 Å². The molecule has 0 aliphatic heterocycles. The molecule has 0 aliphatic carbocycles. The fourth-order valence-corrected chi connectivity index (χ4v) is 2.25. The van der Waals surface area contributed by atoms with Gasteiger partial charge >= 0.3 is 0 Å². The lowest BCUT2D eigenvalue weighted by molar-refractivity contribution is 0.629. The van der Waals surface area contributed by atoms with Gasteiger partial charge in [0.25, 0.3) is 0 Å². The van der Waals surface area contributed by atoms with Gasteiger partial charge in [0.2, 0.25) is 0 Å². The maximum Gasteiger partial charge on any atom is 0.191 e. The first-order valence-electron chi connectivity index (χ1n) is 5.09. The lowest BCUT2D eigenvalue weighted by Crippen LogP contribution is -2.00. The largest absolute Gasteiger partial charge is 0.383 e. The highest BCUT2D eigenvalue weighted by Crippen LogP contribution is 2.29. The molecular formula is C11H9Cl2FN4S. The van der Waals surface area contributed by atoms with Crippen LogP contribution in [-0.2, 0) is 0 Å². The Labute approximate surface area is 123 Å². The first kappa shape index (κ1) is 14.2. The summed E-state index contributed by atoms with van der Waals surface area (Å²) in [6, 6.07) is 4.39. The summed E-state index contributed by atoms with van der Waals surface area (Å²) in [5.41, 5.74) is 6.17. The van der Waals surface area contributed by atoms with Crippen LogP contribution in [0.5, 0.6) is 0 Å². The normalized spacial score (nSPS) is 10.5. The number of hydrogen-bond donors (Lipinski definition) is 2. The molecule has 1 aromatic carbocycles. The Morgan fingerprint density at radius 3 is 2.42 bits per heavy atom. The van der Waals surface area contributed by atoms with Crippen molar-refractivity contribution in [1.82, 2.24) is 9.97 Å². The summed E-state index contributed by atoms with van der Waals surface area (Å²) < 4.78 is 13.3. The van der Waals surface area contributed by atoms with E-state index in [-0.39, 0.29) is 10.0 Å². The van der Waals surface area contributed by atoms with Crippen molar-refractivity contribution in [1.29, 1.82) is 0 Å². The van der Waals surface area contributed by atoms with Crippen molar-refractivity contribution >= 4 is 52.3 Å². The summed E-state index contributed by atoms with van der Waals surface area (Å²) in [6.07, 6.45) is 1.84. The Hall–Kier alpha value is -1.24. The Bertz CT molecular complexity index is 601. The zero-order valence-electron chi connectivity index (χ0n) is 9.75. The number of nitrogens with zero attached hydrogens (tertiary/aromatic N) is 2. The molecule has 0 bridgehead atoms. The number of thioether (sulfide) groups is 1. The molecular weight excluding hydrogens is 310 g/mol. The quantitative estimate of drug-likeness (QED) is 0.509. The van der Waals surface area contributed by atoms with Crippen molar-refractivity contribution in [3.05, 3.63) is 34.1 Å². The summed E-state index contributed by atoms with van der Waals surface area (Å²) in [6.45, 7) is 0. The van der Waals surface area contributed by atoms with Crippen molar-refractivity contribution in [2.45, 2.75) is 5.16 Å². The lowest BCUT2D eigenvalue weighted by atomic mass is 10.3. The van der Waals surface area contributed by atoms with Gasteiger partial charge in [0, 0.05) is 11.8 Å². The number of anilines is 3. The molecule has 8 heteroatoms. The van der Waals surface area contributed by atoms with Gasteiger partial charge in [-0.2, -0.15) is 0 Å². The standard InChI is InChI=1S/C11H9Cl2FN4S/c1-19-11-17-8(15)4-9(18-11)16-5-2-6(12)10(14)7(13)3-5/h2-4H,1H3,(H3,15,16,17,18). The van der Waals surface area contributed by atoms with Gasteiger partial charge in [0.1, 0.15) is 11.6 Å². The third kappa shape index (κ3) is 3.40. The molecule has 0 aliphatic rings. The van der Waals surface area contributed by atoms with Gasteiger partial charge in [-0.1, -0.05) is 35.0 Å². The predicted molar refractivity (Wildman–Crippen MR) is 77.9 cm³/mol. The molecule has 100 valence electrons. The highest BCUT2D eigenvalue weighted by atomic mass is 35.5. The van der Waals surface area contributed by atoms with Gasteiger partial charge in [-0.25, -0.2) is 14.4 Å². The molecule has 0 radical (unpaired) electrons. The summed E-state index contributed by atoms with van der Waals surface area (Å²) in [5, 5.41) is 3.34. The average Bonchev–Trinajstić information content (AvgIpc) is 2.35. The number of benzene rings is 1. The van der Waals surface area contributed by atoms with E-state index in [9.17, 15) is 4.39 Å². The van der Waals surface area contributed by atoms with Gasteiger partial charge in [-0.05, 0) is 18.4 Å². The number of halogens is 3. The van der Waals surface area contributed by atoms with E-state index >= 15 is 0 Å². The highest BCUT2D eigenvalue weighted by molar-refractivity contribution is 7.98. The van der Waals surface area contributed by atoms with Crippen molar-refractivity contribution in [2.24, 2.45) is 0 Å².